The Hall–Kier alpha value is -2.28. The van der Waals surface area contributed by atoms with Crippen LogP contribution in [0.2, 0.25) is 0 Å². The summed E-state index contributed by atoms with van der Waals surface area (Å²) in [7, 11) is 0. The second kappa shape index (κ2) is 5.79. The lowest BCUT2D eigenvalue weighted by molar-refractivity contribution is -0.383. The summed E-state index contributed by atoms with van der Waals surface area (Å²) >= 11 is 3.07. The zero-order chi connectivity index (χ0) is 14.7. The molecule has 1 N–H and O–H groups in total. The standard InChI is InChI=1S/C13H8BrFN2O3/c14-10-7-8(15)5-6-9(10)13(18)16-11-3-1-2-4-12(11)17(19)20/h1-7H,(H,16,18). The van der Waals surface area contributed by atoms with Crippen LogP contribution in [0.4, 0.5) is 15.8 Å². The molecule has 2 aromatic rings. The van der Waals surface area contributed by atoms with E-state index in [4.69, 9.17) is 0 Å². The Kier molecular flexibility index (Phi) is 4.09. The third-order valence-electron chi connectivity index (χ3n) is 2.52. The van der Waals surface area contributed by atoms with Crippen molar-refractivity contribution in [2.24, 2.45) is 0 Å². The topological polar surface area (TPSA) is 72.2 Å². The van der Waals surface area contributed by atoms with E-state index < -0.39 is 16.6 Å². The summed E-state index contributed by atoms with van der Waals surface area (Å²) in [6, 6.07) is 9.36. The highest BCUT2D eigenvalue weighted by atomic mass is 79.9. The largest absolute Gasteiger partial charge is 0.316 e. The van der Waals surface area contributed by atoms with E-state index in [1.807, 2.05) is 0 Å². The van der Waals surface area contributed by atoms with Gasteiger partial charge in [-0.2, -0.15) is 0 Å². The molecule has 102 valence electrons. The number of halogens is 2. The molecule has 0 aromatic heterocycles. The number of nitrogens with one attached hydrogen (secondary N) is 1. The van der Waals surface area contributed by atoms with E-state index in [2.05, 4.69) is 21.2 Å². The van der Waals surface area contributed by atoms with Gasteiger partial charge in [0.1, 0.15) is 11.5 Å². The first-order valence-electron chi connectivity index (χ1n) is 5.49. The Bertz CT molecular complexity index is 691. The zero-order valence-corrected chi connectivity index (χ0v) is 11.6. The van der Waals surface area contributed by atoms with E-state index in [0.29, 0.717) is 0 Å². The van der Waals surface area contributed by atoms with E-state index in [-0.39, 0.29) is 21.4 Å². The van der Waals surface area contributed by atoms with Crippen molar-refractivity contribution in [3.05, 3.63) is 68.4 Å². The van der Waals surface area contributed by atoms with Crippen LogP contribution in [0.1, 0.15) is 10.4 Å². The van der Waals surface area contributed by atoms with Crippen molar-refractivity contribution in [3.8, 4) is 0 Å². The number of nitro groups is 1. The summed E-state index contributed by atoms with van der Waals surface area (Å²) in [4.78, 5) is 22.3. The predicted octanol–water partition coefficient (Wildman–Crippen LogP) is 3.75. The number of hydrogen-bond donors (Lipinski definition) is 1. The molecule has 0 aliphatic carbocycles. The van der Waals surface area contributed by atoms with Crippen LogP contribution in [0, 0.1) is 15.9 Å². The van der Waals surface area contributed by atoms with Crippen LogP contribution in [0.3, 0.4) is 0 Å². The number of carbonyl (C=O) groups excluding carboxylic acids is 1. The number of rotatable bonds is 3. The maximum Gasteiger partial charge on any atom is 0.292 e. The minimum atomic E-state index is -0.588. The first-order valence-corrected chi connectivity index (χ1v) is 6.28. The van der Waals surface area contributed by atoms with E-state index in [1.165, 1.54) is 24.3 Å². The van der Waals surface area contributed by atoms with Gasteiger partial charge in [-0.05, 0) is 40.2 Å². The van der Waals surface area contributed by atoms with E-state index in [0.717, 1.165) is 12.1 Å². The normalized spacial score (nSPS) is 10.1. The minimum absolute atomic E-state index is 0.0822. The van der Waals surface area contributed by atoms with E-state index >= 15 is 0 Å². The van der Waals surface area contributed by atoms with Crippen molar-refractivity contribution in [1.29, 1.82) is 0 Å². The van der Waals surface area contributed by atoms with E-state index in [1.54, 1.807) is 6.07 Å². The number of nitro benzene ring substituents is 1. The lowest BCUT2D eigenvalue weighted by Crippen LogP contribution is -2.13. The number of benzene rings is 2. The molecule has 0 saturated heterocycles. The molecule has 0 bridgehead atoms. The first-order chi connectivity index (χ1) is 9.49. The molecule has 0 saturated carbocycles. The molecule has 0 unspecified atom stereocenters. The second-order valence-corrected chi connectivity index (χ2v) is 4.71. The fraction of sp³-hybridized carbons (Fsp3) is 0. The summed E-state index contributed by atoms with van der Waals surface area (Å²) in [5.74, 6) is -1.05. The van der Waals surface area contributed by atoms with Gasteiger partial charge in [0.25, 0.3) is 11.6 Å². The van der Waals surface area contributed by atoms with Crippen molar-refractivity contribution in [2.45, 2.75) is 0 Å². The van der Waals surface area contributed by atoms with Gasteiger partial charge in [0.15, 0.2) is 0 Å². The highest BCUT2D eigenvalue weighted by molar-refractivity contribution is 9.10. The van der Waals surface area contributed by atoms with Gasteiger partial charge < -0.3 is 5.32 Å². The zero-order valence-electron chi connectivity index (χ0n) is 9.97. The van der Waals surface area contributed by atoms with Crippen LogP contribution in [0.15, 0.2) is 46.9 Å². The minimum Gasteiger partial charge on any atom is -0.316 e. The number of hydrogen-bond acceptors (Lipinski definition) is 3. The van der Waals surface area contributed by atoms with Crippen LogP contribution in [-0.2, 0) is 0 Å². The molecule has 2 rings (SSSR count). The Morgan fingerprint density at radius 3 is 2.60 bits per heavy atom. The number of nitrogens with zero attached hydrogens (tertiary/aromatic N) is 1. The van der Waals surface area contributed by atoms with Crippen LogP contribution in [-0.4, -0.2) is 10.8 Å². The van der Waals surface area contributed by atoms with E-state index in [9.17, 15) is 19.3 Å². The van der Waals surface area contributed by atoms with Gasteiger partial charge in [-0.25, -0.2) is 4.39 Å². The van der Waals surface area contributed by atoms with Crippen molar-refractivity contribution in [1.82, 2.24) is 0 Å². The maximum absolute atomic E-state index is 13.0. The average Bonchev–Trinajstić information content (AvgIpc) is 2.38. The summed E-state index contributed by atoms with van der Waals surface area (Å²) in [5.41, 5.74) is 0.0577. The van der Waals surface area contributed by atoms with Crippen LogP contribution < -0.4 is 5.32 Å². The van der Waals surface area contributed by atoms with Crippen molar-refractivity contribution in [3.63, 3.8) is 0 Å². The van der Waals surface area contributed by atoms with Crippen molar-refractivity contribution < 1.29 is 14.1 Å². The number of anilines is 1. The Morgan fingerprint density at radius 1 is 1.25 bits per heavy atom. The quantitative estimate of drug-likeness (QED) is 0.684. The molecule has 0 heterocycles. The number of para-hydroxylation sites is 2. The number of carbonyl (C=O) groups is 1. The van der Waals surface area contributed by atoms with Gasteiger partial charge in [0, 0.05) is 10.5 Å². The predicted molar refractivity (Wildman–Crippen MR) is 75.1 cm³/mol. The molecule has 1 amide bonds. The number of amides is 1. The molecule has 2 aromatic carbocycles. The van der Waals surface area contributed by atoms with Gasteiger partial charge in [0.05, 0.1) is 10.5 Å². The fourth-order valence-electron chi connectivity index (χ4n) is 1.60. The molecule has 5 nitrogen and oxygen atoms in total. The second-order valence-electron chi connectivity index (χ2n) is 3.85. The van der Waals surface area contributed by atoms with Crippen LogP contribution in [0.25, 0.3) is 0 Å². The molecule has 0 radical (unpaired) electrons. The smallest absolute Gasteiger partial charge is 0.292 e. The lowest BCUT2D eigenvalue weighted by atomic mass is 10.2. The summed E-state index contributed by atoms with van der Waals surface area (Å²) in [6.45, 7) is 0. The summed E-state index contributed by atoms with van der Waals surface area (Å²) < 4.78 is 13.2. The molecule has 0 aliphatic heterocycles. The maximum atomic E-state index is 13.0. The SMILES string of the molecule is O=C(Nc1ccccc1[N+](=O)[O-])c1ccc(F)cc1Br. The molecular formula is C13H8BrFN2O3. The molecule has 7 heteroatoms. The van der Waals surface area contributed by atoms with Gasteiger partial charge in [0.2, 0.25) is 0 Å². The summed E-state index contributed by atoms with van der Waals surface area (Å²) in [6.07, 6.45) is 0. The van der Waals surface area contributed by atoms with Crippen LogP contribution in [0.5, 0.6) is 0 Å². The Labute approximate surface area is 121 Å². The Balaban J connectivity index is 2.30. The molecule has 20 heavy (non-hydrogen) atoms. The Morgan fingerprint density at radius 2 is 1.95 bits per heavy atom. The average molecular weight is 339 g/mol. The van der Waals surface area contributed by atoms with Crippen molar-refractivity contribution in [2.75, 3.05) is 5.32 Å². The molecule has 0 fully saturated rings. The van der Waals surface area contributed by atoms with Gasteiger partial charge in [-0.15, -0.1) is 0 Å². The lowest BCUT2D eigenvalue weighted by Gasteiger charge is -2.07. The highest BCUT2D eigenvalue weighted by Crippen LogP contribution is 2.25. The van der Waals surface area contributed by atoms with Crippen LogP contribution >= 0.6 is 15.9 Å². The first kappa shape index (κ1) is 14.1. The van der Waals surface area contributed by atoms with Gasteiger partial charge in [-0.3, -0.25) is 14.9 Å². The molecular weight excluding hydrogens is 331 g/mol. The third kappa shape index (κ3) is 3.00. The highest BCUT2D eigenvalue weighted by Gasteiger charge is 2.17. The third-order valence-corrected chi connectivity index (χ3v) is 3.18. The summed E-state index contributed by atoms with van der Waals surface area (Å²) in [5, 5.41) is 13.3. The van der Waals surface area contributed by atoms with Gasteiger partial charge in [-0.1, -0.05) is 12.1 Å². The molecule has 0 spiro atoms. The monoisotopic (exact) mass is 338 g/mol. The van der Waals surface area contributed by atoms with Crippen molar-refractivity contribution >= 4 is 33.2 Å². The molecule has 0 atom stereocenters. The molecule has 0 aliphatic rings. The fourth-order valence-corrected chi connectivity index (χ4v) is 2.13. The van der Waals surface area contributed by atoms with Gasteiger partial charge >= 0.3 is 0 Å².